The van der Waals surface area contributed by atoms with E-state index in [1.165, 1.54) is 48.5 Å². The second-order valence-corrected chi connectivity index (χ2v) is 11.0. The van der Waals surface area contributed by atoms with Gasteiger partial charge in [-0.1, -0.05) is 73.3 Å². The van der Waals surface area contributed by atoms with Gasteiger partial charge in [0.1, 0.15) is 0 Å². The van der Waals surface area contributed by atoms with Gasteiger partial charge in [-0.05, 0) is 29.8 Å². The van der Waals surface area contributed by atoms with E-state index in [0.29, 0.717) is 5.56 Å². The highest BCUT2D eigenvalue weighted by Gasteiger charge is 2.47. The van der Waals surface area contributed by atoms with Crippen molar-refractivity contribution < 1.29 is 16.8 Å². The Balaban J connectivity index is 2.35. The molecule has 0 saturated heterocycles. The molecule has 5 nitrogen and oxygen atoms in total. The third-order valence-electron chi connectivity index (χ3n) is 4.71. The standard InChI is InChI=1S/C23H19NO4S2/c1-18(17-24)22(19-11-5-2-6-12-19)23(29(25,26)20-13-7-3-8-14-20)30(27,28)21-15-9-4-10-16-21/h2-16,22-23H,1H2. The topological polar surface area (TPSA) is 92.1 Å². The van der Waals surface area contributed by atoms with Crippen LogP contribution in [0.15, 0.2) is 113 Å². The van der Waals surface area contributed by atoms with Crippen molar-refractivity contribution >= 4 is 19.7 Å². The van der Waals surface area contributed by atoms with Gasteiger partial charge in [-0.25, -0.2) is 16.8 Å². The summed E-state index contributed by atoms with van der Waals surface area (Å²) in [6, 6.07) is 24.9. The van der Waals surface area contributed by atoms with Crippen molar-refractivity contribution in [3.63, 3.8) is 0 Å². The molecule has 0 N–H and O–H groups in total. The predicted octanol–water partition coefficient (Wildman–Crippen LogP) is 4.12. The van der Waals surface area contributed by atoms with E-state index in [4.69, 9.17) is 0 Å². The van der Waals surface area contributed by atoms with Gasteiger partial charge in [0, 0.05) is 5.57 Å². The highest BCUT2D eigenvalue weighted by Crippen LogP contribution is 2.39. The highest BCUT2D eigenvalue weighted by molar-refractivity contribution is 8.09. The molecule has 0 aliphatic rings. The molecule has 0 amide bonds. The fraction of sp³-hybridized carbons (Fsp3) is 0.0870. The third kappa shape index (κ3) is 4.06. The van der Waals surface area contributed by atoms with Crippen molar-refractivity contribution in [3.05, 3.63) is 109 Å². The molecule has 0 heterocycles. The minimum absolute atomic E-state index is 0.138. The van der Waals surface area contributed by atoms with E-state index in [9.17, 15) is 22.1 Å². The first-order valence-corrected chi connectivity index (χ1v) is 12.1. The van der Waals surface area contributed by atoms with Crippen LogP contribution in [0.2, 0.25) is 0 Å². The van der Waals surface area contributed by atoms with Gasteiger partial charge in [0.15, 0.2) is 24.3 Å². The monoisotopic (exact) mass is 437 g/mol. The molecule has 3 aromatic rings. The van der Waals surface area contributed by atoms with E-state index in [2.05, 4.69) is 6.58 Å². The van der Waals surface area contributed by atoms with E-state index < -0.39 is 30.2 Å². The van der Waals surface area contributed by atoms with Crippen molar-refractivity contribution in [3.8, 4) is 6.07 Å². The van der Waals surface area contributed by atoms with Gasteiger partial charge in [-0.3, -0.25) is 0 Å². The lowest BCUT2D eigenvalue weighted by Crippen LogP contribution is -2.37. The van der Waals surface area contributed by atoms with Crippen LogP contribution in [0.1, 0.15) is 11.5 Å². The highest BCUT2D eigenvalue weighted by atomic mass is 32.3. The molecule has 0 fully saturated rings. The van der Waals surface area contributed by atoms with Crippen molar-refractivity contribution in [2.75, 3.05) is 0 Å². The molecule has 1 unspecified atom stereocenters. The van der Waals surface area contributed by atoms with E-state index in [1.807, 2.05) is 6.07 Å². The van der Waals surface area contributed by atoms with Gasteiger partial charge in [0.25, 0.3) is 0 Å². The normalized spacial score (nSPS) is 12.8. The maximum atomic E-state index is 13.7. The Bertz CT molecular complexity index is 1210. The number of hydrogen-bond acceptors (Lipinski definition) is 5. The average Bonchev–Trinajstić information content (AvgIpc) is 2.78. The van der Waals surface area contributed by atoms with E-state index in [-0.39, 0.29) is 15.4 Å². The minimum Gasteiger partial charge on any atom is -0.222 e. The maximum absolute atomic E-state index is 13.7. The number of nitriles is 1. The SMILES string of the molecule is C=C(C#N)C(c1ccccc1)C(S(=O)(=O)c1ccccc1)S(=O)(=O)c1ccccc1. The average molecular weight is 438 g/mol. The largest absolute Gasteiger partial charge is 0.222 e. The molecule has 3 aromatic carbocycles. The van der Waals surface area contributed by atoms with Crippen molar-refractivity contribution in [2.45, 2.75) is 20.3 Å². The predicted molar refractivity (Wildman–Crippen MR) is 115 cm³/mol. The van der Waals surface area contributed by atoms with E-state index >= 15 is 0 Å². The van der Waals surface area contributed by atoms with Crippen LogP contribution in [-0.2, 0) is 19.7 Å². The fourth-order valence-corrected chi connectivity index (χ4v) is 8.24. The molecule has 0 spiro atoms. The zero-order valence-electron chi connectivity index (χ0n) is 15.9. The first kappa shape index (κ1) is 21.5. The Hall–Kier alpha value is -3.21. The lowest BCUT2D eigenvalue weighted by atomic mass is 9.94. The second-order valence-electron chi connectivity index (χ2n) is 6.61. The minimum atomic E-state index is -4.41. The number of allylic oxidation sites excluding steroid dienone is 1. The molecule has 0 saturated carbocycles. The Labute approximate surface area is 176 Å². The summed E-state index contributed by atoms with van der Waals surface area (Å²) in [5, 5.41) is 9.55. The molecule has 0 aliphatic heterocycles. The van der Waals surface area contributed by atoms with Crippen molar-refractivity contribution in [2.24, 2.45) is 0 Å². The van der Waals surface area contributed by atoms with Gasteiger partial charge < -0.3 is 0 Å². The van der Waals surface area contributed by atoms with E-state index in [0.717, 1.165) is 0 Å². The number of benzene rings is 3. The summed E-state index contributed by atoms with van der Waals surface area (Å²) >= 11 is 0. The first-order chi connectivity index (χ1) is 14.3. The third-order valence-corrected chi connectivity index (χ3v) is 9.85. The van der Waals surface area contributed by atoms with Crippen LogP contribution >= 0.6 is 0 Å². The van der Waals surface area contributed by atoms with E-state index in [1.54, 1.807) is 42.5 Å². The van der Waals surface area contributed by atoms with Crippen molar-refractivity contribution in [1.82, 2.24) is 0 Å². The molecule has 1 atom stereocenters. The molecule has 7 heteroatoms. The Morgan fingerprint density at radius 2 is 1.07 bits per heavy atom. The zero-order valence-corrected chi connectivity index (χ0v) is 17.6. The summed E-state index contributed by atoms with van der Waals surface area (Å²) in [5.41, 5.74) is 0.235. The maximum Gasteiger partial charge on any atom is 0.196 e. The zero-order chi connectivity index (χ0) is 21.8. The summed E-state index contributed by atoms with van der Waals surface area (Å²) in [5.74, 6) is -1.27. The summed E-state index contributed by atoms with van der Waals surface area (Å²) in [7, 11) is -8.82. The molecule has 0 bridgehead atoms. The van der Waals surface area contributed by atoms with Crippen molar-refractivity contribution in [1.29, 1.82) is 5.26 Å². The lowest BCUT2D eigenvalue weighted by molar-refractivity contribution is 0.566. The summed E-state index contributed by atoms with van der Waals surface area (Å²) in [6.07, 6.45) is 0. The molecule has 0 aromatic heterocycles. The van der Waals surface area contributed by atoms with Crippen LogP contribution in [0, 0.1) is 11.3 Å². The van der Waals surface area contributed by atoms with Gasteiger partial charge in [-0.2, -0.15) is 5.26 Å². The van der Waals surface area contributed by atoms with Gasteiger partial charge in [-0.15, -0.1) is 0 Å². The summed E-state index contributed by atoms with van der Waals surface area (Å²) in [6.45, 7) is 3.70. The second kappa shape index (κ2) is 8.66. The smallest absolute Gasteiger partial charge is 0.196 e. The Kier molecular flexibility index (Phi) is 6.20. The molecular formula is C23H19NO4S2. The first-order valence-electron chi connectivity index (χ1n) is 9.02. The molecule has 30 heavy (non-hydrogen) atoms. The van der Waals surface area contributed by atoms with Crippen LogP contribution in [0.5, 0.6) is 0 Å². The molecule has 3 rings (SSSR count). The van der Waals surface area contributed by atoms with Gasteiger partial charge >= 0.3 is 0 Å². The van der Waals surface area contributed by atoms with Crippen LogP contribution in [0.3, 0.4) is 0 Å². The molecular weight excluding hydrogens is 418 g/mol. The fourth-order valence-electron chi connectivity index (χ4n) is 3.27. The molecule has 0 radical (unpaired) electrons. The summed E-state index contributed by atoms with van der Waals surface area (Å²) < 4.78 is 52.7. The lowest BCUT2D eigenvalue weighted by Gasteiger charge is -2.27. The van der Waals surface area contributed by atoms with Gasteiger partial charge in [0.2, 0.25) is 0 Å². The Morgan fingerprint density at radius 1 is 0.700 bits per heavy atom. The molecule has 0 aliphatic carbocycles. The number of nitrogens with zero attached hydrogens (tertiary/aromatic N) is 1. The van der Waals surface area contributed by atoms with Crippen LogP contribution in [-0.4, -0.2) is 21.4 Å². The molecule has 152 valence electrons. The Morgan fingerprint density at radius 3 is 1.43 bits per heavy atom. The summed E-state index contributed by atoms with van der Waals surface area (Å²) in [4.78, 5) is -0.276. The number of rotatable bonds is 7. The quantitative estimate of drug-likeness (QED) is 0.518. The number of sulfone groups is 2. The van der Waals surface area contributed by atoms with Crippen LogP contribution in [0.25, 0.3) is 0 Å². The number of hydrogen-bond donors (Lipinski definition) is 0. The van der Waals surface area contributed by atoms with Crippen LogP contribution < -0.4 is 0 Å². The van der Waals surface area contributed by atoms with Gasteiger partial charge in [0.05, 0.1) is 21.8 Å². The van der Waals surface area contributed by atoms with Crippen LogP contribution in [0.4, 0.5) is 0 Å².